The standard InChI is InChI=1S/C26H24N6O4/c1-36-23-10-9-19(14-28-23)32-25-21(24(29-32)26(27)35)11-13-31(22(25)16-34)18-7-5-17(6-8-18)30-12-3-2-4-20(30)15-33/h5-10,14H,2-4,11-13H2,1H3,(H2,27,35). The highest BCUT2D eigenvalue weighted by Gasteiger charge is 2.33. The van der Waals surface area contributed by atoms with Gasteiger partial charge >= 0.3 is 0 Å². The molecule has 1 saturated heterocycles. The molecule has 1 amide bonds. The van der Waals surface area contributed by atoms with Crippen molar-refractivity contribution < 1.29 is 19.1 Å². The second-order valence-electron chi connectivity index (χ2n) is 8.54. The van der Waals surface area contributed by atoms with Gasteiger partial charge in [-0.1, -0.05) is 0 Å². The van der Waals surface area contributed by atoms with E-state index in [-0.39, 0.29) is 11.4 Å². The van der Waals surface area contributed by atoms with Gasteiger partial charge in [-0.15, -0.1) is 0 Å². The number of nitrogens with two attached hydrogens (primary N) is 1. The lowest BCUT2D eigenvalue weighted by molar-refractivity contribution is 0.0994. The van der Waals surface area contributed by atoms with E-state index in [1.54, 1.807) is 18.3 Å². The van der Waals surface area contributed by atoms with E-state index in [4.69, 9.17) is 10.5 Å². The molecule has 1 fully saturated rings. The second kappa shape index (κ2) is 9.54. The molecular weight excluding hydrogens is 460 g/mol. The van der Waals surface area contributed by atoms with Crippen LogP contribution in [0, 0.1) is 0 Å². The SMILES string of the molecule is COc1ccc(-n2nc(C(N)=O)c3c2C(=C=O)N(c2ccc(N4CCCCC4=C=O)cc2)CC3)cn1. The van der Waals surface area contributed by atoms with Crippen molar-refractivity contribution in [2.75, 3.05) is 30.0 Å². The van der Waals surface area contributed by atoms with Gasteiger partial charge in [0.05, 0.1) is 19.0 Å². The van der Waals surface area contributed by atoms with Crippen molar-refractivity contribution in [3.8, 4) is 11.6 Å². The highest BCUT2D eigenvalue weighted by molar-refractivity contribution is 6.00. The summed E-state index contributed by atoms with van der Waals surface area (Å²) in [6.07, 6.45) is 4.70. The number of aromatic nitrogens is 3. The fraction of sp³-hybridized carbons (Fsp3) is 0.269. The van der Waals surface area contributed by atoms with E-state index in [0.717, 1.165) is 30.8 Å². The largest absolute Gasteiger partial charge is 0.481 e. The maximum Gasteiger partial charge on any atom is 0.269 e. The van der Waals surface area contributed by atoms with E-state index in [1.807, 2.05) is 34.1 Å². The maximum absolute atomic E-state index is 12.3. The van der Waals surface area contributed by atoms with E-state index in [1.165, 1.54) is 11.8 Å². The fourth-order valence-corrected chi connectivity index (χ4v) is 4.79. The molecule has 5 rings (SSSR count). The van der Waals surface area contributed by atoms with Gasteiger partial charge in [-0.3, -0.25) is 4.79 Å². The number of amides is 1. The first-order valence-corrected chi connectivity index (χ1v) is 11.6. The lowest BCUT2D eigenvalue weighted by atomic mass is 10.00. The van der Waals surface area contributed by atoms with Gasteiger partial charge in [-0.05, 0) is 56.0 Å². The van der Waals surface area contributed by atoms with Crippen molar-refractivity contribution in [3.63, 3.8) is 0 Å². The van der Waals surface area contributed by atoms with Crippen LogP contribution < -0.4 is 20.3 Å². The zero-order chi connectivity index (χ0) is 25.2. The third kappa shape index (κ3) is 3.94. The van der Waals surface area contributed by atoms with E-state index < -0.39 is 5.91 Å². The van der Waals surface area contributed by atoms with E-state index in [2.05, 4.69) is 22.0 Å². The minimum absolute atomic E-state index is 0.113. The Hall–Kier alpha value is -4.65. The molecule has 0 unspecified atom stereocenters. The summed E-state index contributed by atoms with van der Waals surface area (Å²) in [5.74, 6) is 3.87. The molecule has 4 heterocycles. The van der Waals surface area contributed by atoms with Crippen LogP contribution in [0.2, 0.25) is 0 Å². The topological polar surface area (TPSA) is 124 Å². The molecular formula is C26H24N6O4. The minimum Gasteiger partial charge on any atom is -0.481 e. The Morgan fingerprint density at radius 1 is 0.944 bits per heavy atom. The van der Waals surface area contributed by atoms with E-state index in [9.17, 15) is 14.4 Å². The zero-order valence-electron chi connectivity index (χ0n) is 19.7. The number of piperidine rings is 1. The number of pyridine rings is 1. The molecule has 1 aromatic carbocycles. The third-order valence-electron chi connectivity index (χ3n) is 6.53. The second-order valence-corrected chi connectivity index (χ2v) is 8.54. The van der Waals surface area contributed by atoms with E-state index in [0.29, 0.717) is 47.9 Å². The zero-order valence-corrected chi connectivity index (χ0v) is 19.7. The Kier molecular flexibility index (Phi) is 6.12. The molecule has 0 spiro atoms. The van der Waals surface area contributed by atoms with Gasteiger partial charge in [0.2, 0.25) is 5.88 Å². The molecule has 0 bridgehead atoms. The lowest BCUT2D eigenvalue weighted by Crippen LogP contribution is -2.31. The van der Waals surface area contributed by atoms with Crippen molar-refractivity contribution in [2.24, 2.45) is 5.73 Å². The van der Waals surface area contributed by atoms with Gasteiger partial charge < -0.3 is 20.3 Å². The summed E-state index contributed by atoms with van der Waals surface area (Å²) in [6.45, 7) is 1.20. The first-order valence-electron chi connectivity index (χ1n) is 11.6. The predicted molar refractivity (Wildman–Crippen MR) is 133 cm³/mol. The van der Waals surface area contributed by atoms with Crippen LogP contribution in [0.25, 0.3) is 11.4 Å². The minimum atomic E-state index is -0.671. The fourth-order valence-electron chi connectivity index (χ4n) is 4.79. The lowest BCUT2D eigenvalue weighted by Gasteiger charge is -2.32. The van der Waals surface area contributed by atoms with Crippen LogP contribution in [0.1, 0.15) is 41.0 Å². The van der Waals surface area contributed by atoms with Crippen LogP contribution in [0.3, 0.4) is 0 Å². The number of hydrogen-bond donors (Lipinski definition) is 1. The number of allylic oxidation sites excluding steroid dienone is 1. The number of carbonyl (C=O) groups excluding carboxylic acids is 3. The Bertz CT molecular complexity index is 1410. The average Bonchev–Trinajstić information content (AvgIpc) is 3.33. The molecule has 182 valence electrons. The van der Waals surface area contributed by atoms with Crippen LogP contribution in [0.5, 0.6) is 5.88 Å². The predicted octanol–water partition coefficient (Wildman–Crippen LogP) is 2.32. The Morgan fingerprint density at radius 3 is 2.28 bits per heavy atom. The van der Waals surface area contributed by atoms with Crippen LogP contribution in [-0.4, -0.2) is 52.8 Å². The van der Waals surface area contributed by atoms with Crippen LogP contribution in [-0.2, 0) is 16.0 Å². The molecule has 2 N–H and O–H groups in total. The Labute approximate surface area is 207 Å². The molecule has 0 atom stereocenters. The van der Waals surface area contributed by atoms with Gasteiger partial charge in [0.25, 0.3) is 5.91 Å². The maximum atomic E-state index is 12.3. The van der Waals surface area contributed by atoms with Crippen molar-refractivity contribution in [1.29, 1.82) is 0 Å². The molecule has 2 aliphatic heterocycles. The molecule has 36 heavy (non-hydrogen) atoms. The number of anilines is 2. The number of hydrogen-bond acceptors (Lipinski definition) is 8. The highest BCUT2D eigenvalue weighted by atomic mass is 16.5. The number of fused-ring (bicyclic) bond motifs is 1. The number of nitrogens with zero attached hydrogens (tertiary/aromatic N) is 5. The molecule has 10 heteroatoms. The monoisotopic (exact) mass is 484 g/mol. The Balaban J connectivity index is 1.54. The average molecular weight is 485 g/mol. The highest BCUT2D eigenvalue weighted by Crippen LogP contribution is 2.36. The summed E-state index contributed by atoms with van der Waals surface area (Å²) in [7, 11) is 1.51. The quantitative estimate of drug-likeness (QED) is 0.547. The summed E-state index contributed by atoms with van der Waals surface area (Å²) in [4.78, 5) is 43.9. The molecule has 0 saturated carbocycles. The third-order valence-corrected chi connectivity index (χ3v) is 6.53. The summed E-state index contributed by atoms with van der Waals surface area (Å²) >= 11 is 0. The summed E-state index contributed by atoms with van der Waals surface area (Å²) in [6, 6.07) is 11.1. The molecule has 3 aromatic rings. The van der Waals surface area contributed by atoms with Gasteiger partial charge in [-0.2, -0.15) is 5.10 Å². The number of benzene rings is 1. The van der Waals surface area contributed by atoms with Crippen LogP contribution >= 0.6 is 0 Å². The normalized spacial score (nSPS) is 15.2. The van der Waals surface area contributed by atoms with Crippen molar-refractivity contribution in [3.05, 3.63) is 65.2 Å². The molecule has 0 radical (unpaired) electrons. The first-order chi connectivity index (χ1) is 17.5. The van der Waals surface area contributed by atoms with E-state index >= 15 is 0 Å². The molecule has 2 aromatic heterocycles. The van der Waals surface area contributed by atoms with Crippen LogP contribution in [0.4, 0.5) is 11.4 Å². The molecule has 2 aliphatic rings. The number of carbonyl (C=O) groups is 1. The van der Waals surface area contributed by atoms with Crippen LogP contribution in [0.15, 0.2) is 48.3 Å². The first kappa shape index (κ1) is 23.1. The van der Waals surface area contributed by atoms with Gasteiger partial charge in [0.15, 0.2) is 17.3 Å². The number of primary amides is 1. The number of ether oxygens (including phenoxy) is 1. The van der Waals surface area contributed by atoms with Gasteiger partial charge in [-0.25, -0.2) is 19.3 Å². The van der Waals surface area contributed by atoms with Crippen molar-refractivity contribution >= 4 is 34.9 Å². The number of methoxy groups -OCH3 is 1. The Morgan fingerprint density at radius 2 is 1.67 bits per heavy atom. The van der Waals surface area contributed by atoms with Gasteiger partial charge in [0.1, 0.15) is 17.3 Å². The summed E-state index contributed by atoms with van der Waals surface area (Å²) < 4.78 is 6.63. The molecule has 10 nitrogen and oxygen atoms in total. The smallest absolute Gasteiger partial charge is 0.269 e. The summed E-state index contributed by atoms with van der Waals surface area (Å²) in [5.41, 5.74) is 9.88. The summed E-state index contributed by atoms with van der Waals surface area (Å²) in [5, 5.41) is 4.43. The number of rotatable bonds is 5. The van der Waals surface area contributed by atoms with Crippen molar-refractivity contribution in [2.45, 2.75) is 25.7 Å². The van der Waals surface area contributed by atoms with Gasteiger partial charge in [0, 0.05) is 36.1 Å². The molecule has 0 aliphatic carbocycles. The van der Waals surface area contributed by atoms with Crippen molar-refractivity contribution in [1.82, 2.24) is 14.8 Å².